The zero-order chi connectivity index (χ0) is 22.1. The molecule has 0 radical (unpaired) electrons. The lowest BCUT2D eigenvalue weighted by molar-refractivity contribution is -0.0769. The Morgan fingerprint density at radius 1 is 1.25 bits per heavy atom. The van der Waals surface area contributed by atoms with Crippen molar-refractivity contribution < 1.29 is 13.9 Å². The molecule has 2 aliphatic heterocycles. The minimum Gasteiger partial charge on any atom is -0.493 e. The first-order valence-corrected chi connectivity index (χ1v) is 10.5. The number of ether oxygens (including phenoxy) is 2. The summed E-state index contributed by atoms with van der Waals surface area (Å²) in [6, 6.07) is 8.42. The summed E-state index contributed by atoms with van der Waals surface area (Å²) in [6.07, 6.45) is 9.15. The monoisotopic (exact) mass is 436 g/mol. The van der Waals surface area contributed by atoms with Gasteiger partial charge in [-0.3, -0.25) is 9.88 Å². The molecule has 4 heterocycles. The van der Waals surface area contributed by atoms with Gasteiger partial charge in [-0.05, 0) is 36.2 Å². The van der Waals surface area contributed by atoms with Crippen molar-refractivity contribution >= 4 is 6.08 Å². The second-order valence-electron chi connectivity index (χ2n) is 7.83. The average molecular weight is 436 g/mol. The fraction of sp³-hybridized carbons (Fsp3) is 0.304. The molecule has 166 valence electrons. The summed E-state index contributed by atoms with van der Waals surface area (Å²) in [4.78, 5) is 8.80. The standard InChI is InChI=1S/C23H25FN6O2/c1-15-13-29(14-26-15)22-19(31-2)11-16(12-25-22)3-8-20-27-23-21(32-10-9-30(23)28-20)17-4-6-18(24)7-5-17/h3-8,11-14,20-21,23,27-28H,9-10H2,1-2H3. The summed E-state index contributed by atoms with van der Waals surface area (Å²) in [5, 5.41) is 5.67. The van der Waals surface area contributed by atoms with Gasteiger partial charge < -0.3 is 9.47 Å². The first-order chi connectivity index (χ1) is 15.6. The van der Waals surface area contributed by atoms with E-state index >= 15 is 0 Å². The summed E-state index contributed by atoms with van der Waals surface area (Å²) < 4.78 is 26.7. The van der Waals surface area contributed by atoms with E-state index in [1.165, 1.54) is 12.1 Å². The number of pyridine rings is 1. The van der Waals surface area contributed by atoms with Gasteiger partial charge in [0.1, 0.15) is 24.4 Å². The molecule has 0 saturated carbocycles. The number of aryl methyl sites for hydroxylation is 1. The van der Waals surface area contributed by atoms with Crippen molar-refractivity contribution in [1.82, 2.24) is 30.3 Å². The van der Waals surface area contributed by atoms with E-state index in [-0.39, 0.29) is 24.3 Å². The molecule has 2 saturated heterocycles. The van der Waals surface area contributed by atoms with Crippen LogP contribution in [0, 0.1) is 12.7 Å². The van der Waals surface area contributed by atoms with Crippen LogP contribution in [-0.4, -0.2) is 52.1 Å². The van der Waals surface area contributed by atoms with Crippen LogP contribution in [0.4, 0.5) is 4.39 Å². The van der Waals surface area contributed by atoms with Gasteiger partial charge in [-0.25, -0.2) is 24.8 Å². The number of nitrogens with one attached hydrogen (secondary N) is 2. The third-order valence-corrected chi connectivity index (χ3v) is 5.62. The molecule has 3 aromatic rings. The molecule has 0 amide bonds. The molecule has 9 heteroatoms. The fourth-order valence-electron chi connectivity index (χ4n) is 4.06. The number of hydrazine groups is 1. The number of fused-ring (bicyclic) bond motifs is 1. The highest BCUT2D eigenvalue weighted by atomic mass is 19.1. The van der Waals surface area contributed by atoms with Crippen LogP contribution in [0.3, 0.4) is 0 Å². The van der Waals surface area contributed by atoms with Crippen LogP contribution < -0.4 is 15.5 Å². The van der Waals surface area contributed by atoms with E-state index in [4.69, 9.17) is 9.47 Å². The summed E-state index contributed by atoms with van der Waals surface area (Å²) in [6.45, 7) is 3.29. The van der Waals surface area contributed by atoms with E-state index in [1.807, 2.05) is 35.9 Å². The zero-order valence-corrected chi connectivity index (χ0v) is 17.9. The Kier molecular flexibility index (Phi) is 5.71. The molecule has 5 rings (SSSR count). The Balaban J connectivity index is 1.30. The number of nitrogens with zero attached hydrogens (tertiary/aromatic N) is 4. The number of aromatic nitrogens is 3. The Bertz CT molecular complexity index is 1120. The van der Waals surface area contributed by atoms with Crippen LogP contribution in [0.2, 0.25) is 0 Å². The van der Waals surface area contributed by atoms with Crippen LogP contribution in [0.25, 0.3) is 11.9 Å². The van der Waals surface area contributed by atoms with Crippen LogP contribution in [0.1, 0.15) is 22.9 Å². The predicted octanol–water partition coefficient (Wildman–Crippen LogP) is 2.57. The fourth-order valence-corrected chi connectivity index (χ4v) is 4.06. The Hall–Kier alpha value is -3.11. The van der Waals surface area contributed by atoms with Crippen LogP contribution >= 0.6 is 0 Å². The predicted molar refractivity (Wildman–Crippen MR) is 117 cm³/mol. The van der Waals surface area contributed by atoms with E-state index in [9.17, 15) is 4.39 Å². The molecular formula is C23H25FN6O2. The van der Waals surface area contributed by atoms with Gasteiger partial charge in [0, 0.05) is 18.9 Å². The van der Waals surface area contributed by atoms with Gasteiger partial charge in [-0.15, -0.1) is 0 Å². The summed E-state index contributed by atoms with van der Waals surface area (Å²) in [5.74, 6) is 1.11. The average Bonchev–Trinajstić information content (AvgIpc) is 3.43. The van der Waals surface area contributed by atoms with Crippen molar-refractivity contribution in [3.8, 4) is 11.6 Å². The molecule has 2 fully saturated rings. The lowest BCUT2D eigenvalue weighted by atomic mass is 10.1. The lowest BCUT2D eigenvalue weighted by Crippen LogP contribution is -2.50. The maximum Gasteiger partial charge on any atom is 0.180 e. The zero-order valence-electron chi connectivity index (χ0n) is 17.9. The number of rotatable bonds is 5. The van der Waals surface area contributed by atoms with E-state index in [0.717, 1.165) is 23.4 Å². The quantitative estimate of drug-likeness (QED) is 0.637. The highest BCUT2D eigenvalue weighted by molar-refractivity contribution is 5.55. The molecule has 2 aromatic heterocycles. The van der Waals surface area contributed by atoms with Gasteiger partial charge in [-0.1, -0.05) is 24.3 Å². The van der Waals surface area contributed by atoms with Crippen molar-refractivity contribution in [2.45, 2.75) is 25.4 Å². The van der Waals surface area contributed by atoms with Gasteiger partial charge in [0.05, 0.1) is 25.6 Å². The van der Waals surface area contributed by atoms with Crippen LogP contribution in [0.15, 0.2) is 55.1 Å². The molecule has 0 bridgehead atoms. The Morgan fingerprint density at radius 3 is 2.84 bits per heavy atom. The summed E-state index contributed by atoms with van der Waals surface area (Å²) in [7, 11) is 1.63. The van der Waals surface area contributed by atoms with Crippen molar-refractivity contribution in [3.05, 3.63) is 77.8 Å². The lowest BCUT2D eigenvalue weighted by Gasteiger charge is -2.35. The topological polar surface area (TPSA) is 76.5 Å². The number of methoxy groups -OCH3 is 1. The van der Waals surface area contributed by atoms with E-state index in [1.54, 1.807) is 31.8 Å². The highest BCUT2D eigenvalue weighted by Gasteiger charge is 2.39. The minimum atomic E-state index is -0.252. The molecule has 3 unspecified atom stereocenters. The molecule has 0 aliphatic carbocycles. The van der Waals surface area contributed by atoms with Gasteiger partial charge in [0.2, 0.25) is 0 Å². The highest BCUT2D eigenvalue weighted by Crippen LogP contribution is 2.29. The number of morpholine rings is 1. The number of hydrogen-bond donors (Lipinski definition) is 2. The summed E-state index contributed by atoms with van der Waals surface area (Å²) in [5.41, 5.74) is 6.24. The van der Waals surface area contributed by atoms with Crippen molar-refractivity contribution in [1.29, 1.82) is 0 Å². The first kappa shape index (κ1) is 20.8. The third kappa shape index (κ3) is 4.15. The molecule has 32 heavy (non-hydrogen) atoms. The van der Waals surface area contributed by atoms with Gasteiger partial charge >= 0.3 is 0 Å². The molecule has 8 nitrogen and oxygen atoms in total. The van der Waals surface area contributed by atoms with Crippen molar-refractivity contribution in [2.75, 3.05) is 20.3 Å². The van der Waals surface area contributed by atoms with Crippen LogP contribution in [0.5, 0.6) is 5.75 Å². The smallest absolute Gasteiger partial charge is 0.180 e. The number of hydrogen-bond acceptors (Lipinski definition) is 7. The van der Waals surface area contributed by atoms with Crippen molar-refractivity contribution in [3.63, 3.8) is 0 Å². The second kappa shape index (κ2) is 8.79. The minimum absolute atomic E-state index is 0.0524. The molecular weight excluding hydrogens is 411 g/mol. The SMILES string of the molecule is COc1cc(C=CC2NC3C(c4ccc(F)cc4)OCCN3N2)cnc1-n1cnc(C)c1. The van der Waals surface area contributed by atoms with Crippen molar-refractivity contribution in [2.24, 2.45) is 0 Å². The van der Waals surface area contributed by atoms with Crippen LogP contribution in [-0.2, 0) is 4.74 Å². The molecule has 0 spiro atoms. The van der Waals surface area contributed by atoms with Gasteiger partial charge in [0.25, 0.3) is 0 Å². The van der Waals surface area contributed by atoms with Gasteiger partial charge in [-0.2, -0.15) is 0 Å². The van der Waals surface area contributed by atoms with E-state index in [0.29, 0.717) is 18.2 Å². The molecule has 3 atom stereocenters. The molecule has 2 aliphatic rings. The maximum absolute atomic E-state index is 13.3. The Morgan fingerprint density at radius 2 is 2.09 bits per heavy atom. The first-order valence-electron chi connectivity index (χ1n) is 10.5. The molecule has 1 aromatic carbocycles. The third-order valence-electron chi connectivity index (χ3n) is 5.62. The second-order valence-corrected chi connectivity index (χ2v) is 7.83. The Labute approximate surface area is 185 Å². The normalized spacial score (nSPS) is 23.5. The van der Waals surface area contributed by atoms with E-state index < -0.39 is 0 Å². The number of benzene rings is 1. The molecule has 2 N–H and O–H groups in total. The number of halogens is 1. The largest absolute Gasteiger partial charge is 0.493 e. The van der Waals surface area contributed by atoms with Gasteiger partial charge in [0.15, 0.2) is 11.6 Å². The maximum atomic E-state index is 13.3. The van der Waals surface area contributed by atoms with E-state index in [2.05, 4.69) is 25.7 Å². The number of imidazole rings is 1. The summed E-state index contributed by atoms with van der Waals surface area (Å²) >= 11 is 0.